The zero-order valence-corrected chi connectivity index (χ0v) is 16.0. The van der Waals surface area contributed by atoms with Gasteiger partial charge in [0, 0.05) is 17.5 Å². The van der Waals surface area contributed by atoms with E-state index in [1.807, 2.05) is 6.92 Å². The lowest BCUT2D eigenvalue weighted by molar-refractivity contribution is -0.118. The Kier molecular flexibility index (Phi) is 6.14. The van der Waals surface area contributed by atoms with Crippen molar-refractivity contribution >= 4 is 39.2 Å². The lowest BCUT2D eigenvalue weighted by atomic mass is 9.97. The number of amides is 1. The van der Waals surface area contributed by atoms with Crippen molar-refractivity contribution in [2.75, 3.05) is 12.3 Å². The first-order valence-corrected chi connectivity index (χ1v) is 10.6. The average molecular weight is 381 g/mol. The van der Waals surface area contributed by atoms with E-state index in [4.69, 9.17) is 5.73 Å². The SMILES string of the molecule is CC(N)CCNC(=O)CSCc1nc2sc3c(c2c(=O)[nH]1)CCCC3. The minimum atomic E-state index is -0.0404. The molecule has 6 nitrogen and oxygen atoms in total. The van der Waals surface area contributed by atoms with Crippen molar-refractivity contribution < 1.29 is 4.79 Å². The maximum atomic E-state index is 12.4. The number of carbonyl (C=O) groups is 1. The number of aromatic nitrogens is 2. The molecule has 8 heteroatoms. The topological polar surface area (TPSA) is 101 Å². The number of nitrogens with two attached hydrogens (primary N) is 1. The summed E-state index contributed by atoms with van der Waals surface area (Å²) in [6.45, 7) is 2.51. The summed E-state index contributed by atoms with van der Waals surface area (Å²) in [4.78, 5) is 33.9. The smallest absolute Gasteiger partial charge is 0.259 e. The number of rotatable bonds is 7. The Bertz CT molecular complexity index is 813. The second kappa shape index (κ2) is 8.33. The van der Waals surface area contributed by atoms with Crippen LogP contribution in [0.15, 0.2) is 4.79 Å². The minimum Gasteiger partial charge on any atom is -0.355 e. The molecule has 0 saturated heterocycles. The molecule has 0 aromatic carbocycles. The van der Waals surface area contributed by atoms with E-state index in [0.717, 1.165) is 35.9 Å². The van der Waals surface area contributed by atoms with Crippen LogP contribution in [-0.2, 0) is 23.4 Å². The van der Waals surface area contributed by atoms with Gasteiger partial charge in [0.15, 0.2) is 0 Å². The van der Waals surface area contributed by atoms with Gasteiger partial charge in [0.2, 0.25) is 5.91 Å². The monoisotopic (exact) mass is 380 g/mol. The number of nitrogens with one attached hydrogen (secondary N) is 2. The van der Waals surface area contributed by atoms with Crippen molar-refractivity contribution in [1.29, 1.82) is 0 Å². The van der Waals surface area contributed by atoms with Gasteiger partial charge >= 0.3 is 0 Å². The number of nitrogens with zero attached hydrogens (tertiary/aromatic N) is 1. The van der Waals surface area contributed by atoms with Crippen molar-refractivity contribution in [3.63, 3.8) is 0 Å². The molecule has 2 aromatic rings. The third-order valence-corrected chi connectivity index (χ3v) is 6.40. The number of carbonyl (C=O) groups excluding carboxylic acids is 1. The Morgan fingerprint density at radius 2 is 2.24 bits per heavy atom. The van der Waals surface area contributed by atoms with Crippen molar-refractivity contribution in [3.05, 3.63) is 26.6 Å². The molecule has 3 rings (SSSR count). The predicted octanol–water partition coefficient (Wildman–Crippen LogP) is 1.95. The first-order valence-electron chi connectivity index (χ1n) is 8.68. The van der Waals surface area contributed by atoms with Gasteiger partial charge in [-0.25, -0.2) is 4.98 Å². The fourth-order valence-corrected chi connectivity index (χ4v) is 5.01. The van der Waals surface area contributed by atoms with Crippen LogP contribution in [0.1, 0.15) is 42.5 Å². The molecule has 2 heterocycles. The molecule has 25 heavy (non-hydrogen) atoms. The fourth-order valence-electron chi connectivity index (χ4n) is 3.01. The van der Waals surface area contributed by atoms with Gasteiger partial charge in [0.05, 0.1) is 16.9 Å². The first-order chi connectivity index (χ1) is 12.0. The molecule has 1 unspecified atom stereocenters. The molecule has 1 aliphatic carbocycles. The summed E-state index contributed by atoms with van der Waals surface area (Å²) < 4.78 is 0. The van der Waals surface area contributed by atoms with Gasteiger partial charge < -0.3 is 16.0 Å². The number of H-pyrrole nitrogens is 1. The highest BCUT2D eigenvalue weighted by atomic mass is 32.2. The number of hydrogen-bond donors (Lipinski definition) is 3. The molecule has 136 valence electrons. The van der Waals surface area contributed by atoms with Crippen molar-refractivity contribution in [3.8, 4) is 0 Å². The maximum Gasteiger partial charge on any atom is 0.259 e. The van der Waals surface area contributed by atoms with E-state index in [1.165, 1.54) is 28.6 Å². The molecule has 0 radical (unpaired) electrons. The van der Waals surface area contributed by atoms with Crippen LogP contribution in [0.5, 0.6) is 0 Å². The van der Waals surface area contributed by atoms with Crippen molar-refractivity contribution in [1.82, 2.24) is 15.3 Å². The van der Waals surface area contributed by atoms with Crippen LogP contribution in [0.25, 0.3) is 10.2 Å². The highest BCUT2D eigenvalue weighted by molar-refractivity contribution is 7.99. The van der Waals surface area contributed by atoms with E-state index < -0.39 is 0 Å². The van der Waals surface area contributed by atoms with Crippen LogP contribution < -0.4 is 16.6 Å². The Labute approximate surface area is 155 Å². The number of aromatic amines is 1. The fraction of sp³-hybridized carbons (Fsp3) is 0.588. The van der Waals surface area contributed by atoms with E-state index in [-0.39, 0.29) is 17.5 Å². The van der Waals surface area contributed by atoms with Crippen LogP contribution in [0.2, 0.25) is 0 Å². The molecule has 1 atom stereocenters. The van der Waals surface area contributed by atoms with Gasteiger partial charge in [-0.3, -0.25) is 9.59 Å². The highest BCUT2D eigenvalue weighted by Crippen LogP contribution is 2.33. The molecule has 1 amide bonds. The zero-order valence-electron chi connectivity index (χ0n) is 14.4. The molecule has 1 aliphatic rings. The molecule has 0 fully saturated rings. The van der Waals surface area contributed by atoms with E-state index in [9.17, 15) is 9.59 Å². The van der Waals surface area contributed by atoms with Crippen LogP contribution >= 0.6 is 23.1 Å². The second-order valence-electron chi connectivity index (χ2n) is 6.51. The zero-order chi connectivity index (χ0) is 17.8. The summed E-state index contributed by atoms with van der Waals surface area (Å²) in [7, 11) is 0. The third kappa shape index (κ3) is 4.62. The molecule has 0 aliphatic heterocycles. The van der Waals surface area contributed by atoms with Gasteiger partial charge in [-0.15, -0.1) is 23.1 Å². The average Bonchev–Trinajstić information content (AvgIpc) is 2.93. The Morgan fingerprint density at radius 1 is 1.44 bits per heavy atom. The van der Waals surface area contributed by atoms with E-state index in [0.29, 0.717) is 23.9 Å². The quantitative estimate of drug-likeness (QED) is 0.682. The van der Waals surface area contributed by atoms with Crippen LogP contribution in [-0.4, -0.2) is 34.2 Å². The number of aryl methyl sites for hydroxylation is 2. The number of hydrogen-bond acceptors (Lipinski definition) is 6. The van der Waals surface area contributed by atoms with Gasteiger partial charge in [-0.2, -0.15) is 0 Å². The molecule has 4 N–H and O–H groups in total. The predicted molar refractivity (Wildman–Crippen MR) is 104 cm³/mol. The first kappa shape index (κ1) is 18.4. The maximum absolute atomic E-state index is 12.4. The van der Waals surface area contributed by atoms with E-state index in [1.54, 1.807) is 11.3 Å². The molecule has 0 bridgehead atoms. The van der Waals surface area contributed by atoms with E-state index in [2.05, 4.69) is 15.3 Å². The molecule has 2 aromatic heterocycles. The molecular weight excluding hydrogens is 356 g/mol. The van der Waals surface area contributed by atoms with Gasteiger partial charge in [-0.1, -0.05) is 0 Å². The number of thiophene rings is 1. The van der Waals surface area contributed by atoms with Crippen molar-refractivity contribution in [2.45, 2.75) is 50.8 Å². The summed E-state index contributed by atoms with van der Waals surface area (Å²) in [6.07, 6.45) is 5.15. The Balaban J connectivity index is 1.59. The second-order valence-corrected chi connectivity index (χ2v) is 8.58. The molecular formula is C17H24N4O2S2. The van der Waals surface area contributed by atoms with Crippen LogP contribution in [0.3, 0.4) is 0 Å². The largest absolute Gasteiger partial charge is 0.355 e. The summed E-state index contributed by atoms with van der Waals surface area (Å²) in [6, 6.07) is 0.0885. The summed E-state index contributed by atoms with van der Waals surface area (Å²) in [5.74, 6) is 1.50. The summed E-state index contributed by atoms with van der Waals surface area (Å²) >= 11 is 3.10. The van der Waals surface area contributed by atoms with E-state index >= 15 is 0 Å². The highest BCUT2D eigenvalue weighted by Gasteiger charge is 2.19. The summed E-state index contributed by atoms with van der Waals surface area (Å²) in [5, 5.41) is 3.62. The molecule has 0 spiro atoms. The lowest BCUT2D eigenvalue weighted by Crippen LogP contribution is -2.30. The number of fused-ring (bicyclic) bond motifs is 3. The Morgan fingerprint density at radius 3 is 3.04 bits per heavy atom. The Hall–Kier alpha value is -1.38. The normalized spacial score (nSPS) is 15.1. The third-order valence-electron chi connectivity index (χ3n) is 4.27. The van der Waals surface area contributed by atoms with Crippen molar-refractivity contribution in [2.24, 2.45) is 5.73 Å². The minimum absolute atomic E-state index is 0.0133. The van der Waals surface area contributed by atoms with Gasteiger partial charge in [-0.05, 0) is 44.6 Å². The lowest BCUT2D eigenvalue weighted by Gasteiger charge is -2.09. The summed E-state index contributed by atoms with van der Waals surface area (Å²) in [5.41, 5.74) is 6.81. The molecule has 0 saturated carbocycles. The number of thioether (sulfide) groups is 1. The van der Waals surface area contributed by atoms with Gasteiger partial charge in [0.1, 0.15) is 10.7 Å². The van der Waals surface area contributed by atoms with Gasteiger partial charge in [0.25, 0.3) is 5.56 Å². The standard InChI is InChI=1S/C17H24N4O2S2/c1-10(18)6-7-19-14(22)9-24-8-13-20-16(23)15-11-4-2-3-5-12(11)25-17(15)21-13/h10H,2-9,18H2,1H3,(H,19,22)(H,20,21,23). The van der Waals surface area contributed by atoms with Crippen LogP contribution in [0.4, 0.5) is 0 Å². The van der Waals surface area contributed by atoms with Crippen LogP contribution in [0, 0.1) is 0 Å².